The standard InChI is InChI=1S/C17H20N2O4/c20-15(12-2-3-12)18-8-1-9-19(11-10-18)16(21)13-4-6-14(7-5-13)17(22)23/h4-7,12H,1-3,8-11H2,(H,22,23). The highest BCUT2D eigenvalue weighted by Crippen LogP contribution is 2.31. The number of nitrogens with zero attached hydrogens (tertiary/aromatic N) is 2. The second kappa shape index (κ2) is 6.40. The minimum absolute atomic E-state index is 0.109. The van der Waals surface area contributed by atoms with Crippen LogP contribution in [-0.2, 0) is 4.79 Å². The fourth-order valence-corrected chi connectivity index (χ4v) is 2.87. The Kier molecular flexibility index (Phi) is 4.32. The molecule has 1 saturated heterocycles. The molecule has 23 heavy (non-hydrogen) atoms. The summed E-state index contributed by atoms with van der Waals surface area (Å²) in [6.45, 7) is 2.43. The summed E-state index contributed by atoms with van der Waals surface area (Å²) in [5.41, 5.74) is 0.649. The van der Waals surface area contributed by atoms with Gasteiger partial charge in [0.05, 0.1) is 5.56 Å². The van der Waals surface area contributed by atoms with Gasteiger partial charge in [0.1, 0.15) is 0 Å². The maximum absolute atomic E-state index is 12.5. The number of carboxylic acids is 1. The molecule has 2 amide bonds. The summed E-state index contributed by atoms with van der Waals surface area (Å²) in [4.78, 5) is 39.1. The first kappa shape index (κ1) is 15.5. The molecule has 0 atom stereocenters. The van der Waals surface area contributed by atoms with Crippen molar-refractivity contribution in [3.05, 3.63) is 35.4 Å². The largest absolute Gasteiger partial charge is 0.478 e. The minimum atomic E-state index is -1.01. The molecule has 6 nitrogen and oxygen atoms in total. The second-order valence-electron chi connectivity index (χ2n) is 6.13. The Bertz CT molecular complexity index is 622. The molecule has 2 aliphatic rings. The van der Waals surface area contributed by atoms with Crippen molar-refractivity contribution in [2.75, 3.05) is 26.2 Å². The Morgan fingerprint density at radius 1 is 0.870 bits per heavy atom. The molecule has 1 aliphatic heterocycles. The number of hydrogen-bond donors (Lipinski definition) is 1. The lowest BCUT2D eigenvalue weighted by Crippen LogP contribution is -2.38. The van der Waals surface area contributed by atoms with E-state index in [1.807, 2.05) is 4.90 Å². The van der Waals surface area contributed by atoms with E-state index in [9.17, 15) is 14.4 Å². The van der Waals surface area contributed by atoms with Crippen LogP contribution in [0.15, 0.2) is 24.3 Å². The Morgan fingerprint density at radius 2 is 1.43 bits per heavy atom. The van der Waals surface area contributed by atoms with Crippen LogP contribution in [-0.4, -0.2) is 58.9 Å². The van der Waals surface area contributed by atoms with Crippen LogP contribution in [0.1, 0.15) is 40.0 Å². The lowest BCUT2D eigenvalue weighted by Gasteiger charge is -2.22. The molecule has 0 bridgehead atoms. The van der Waals surface area contributed by atoms with E-state index in [1.165, 1.54) is 12.1 Å². The third-order valence-electron chi connectivity index (χ3n) is 4.40. The van der Waals surface area contributed by atoms with E-state index >= 15 is 0 Å². The monoisotopic (exact) mass is 316 g/mol. The summed E-state index contributed by atoms with van der Waals surface area (Å²) >= 11 is 0. The third kappa shape index (κ3) is 3.52. The first-order valence-corrected chi connectivity index (χ1v) is 7.97. The van der Waals surface area contributed by atoms with Crippen LogP contribution >= 0.6 is 0 Å². The van der Waals surface area contributed by atoms with Gasteiger partial charge in [-0.1, -0.05) is 0 Å². The quantitative estimate of drug-likeness (QED) is 0.916. The molecule has 1 aliphatic carbocycles. The van der Waals surface area contributed by atoms with E-state index < -0.39 is 5.97 Å². The molecule has 2 fully saturated rings. The van der Waals surface area contributed by atoms with Crippen LogP contribution in [0.5, 0.6) is 0 Å². The van der Waals surface area contributed by atoms with Crippen molar-refractivity contribution in [2.24, 2.45) is 5.92 Å². The van der Waals surface area contributed by atoms with Crippen LogP contribution < -0.4 is 0 Å². The van der Waals surface area contributed by atoms with Gasteiger partial charge >= 0.3 is 5.97 Å². The number of aromatic carboxylic acids is 1. The SMILES string of the molecule is O=C(O)c1ccc(C(=O)N2CCCN(C(=O)C3CC3)CC2)cc1. The van der Waals surface area contributed by atoms with Crippen molar-refractivity contribution in [2.45, 2.75) is 19.3 Å². The van der Waals surface area contributed by atoms with Crippen LogP contribution in [0.4, 0.5) is 0 Å². The fraction of sp³-hybridized carbons (Fsp3) is 0.471. The summed E-state index contributed by atoms with van der Waals surface area (Å²) in [7, 11) is 0. The Morgan fingerprint density at radius 3 is 2.04 bits per heavy atom. The molecule has 1 N–H and O–H groups in total. The van der Waals surface area contributed by atoms with Gasteiger partial charge in [0, 0.05) is 37.7 Å². The zero-order valence-electron chi connectivity index (χ0n) is 12.9. The Hall–Kier alpha value is -2.37. The van der Waals surface area contributed by atoms with Gasteiger partial charge in [-0.25, -0.2) is 4.79 Å². The highest BCUT2D eigenvalue weighted by Gasteiger charge is 2.34. The van der Waals surface area contributed by atoms with Crippen molar-refractivity contribution in [3.8, 4) is 0 Å². The van der Waals surface area contributed by atoms with Crippen molar-refractivity contribution in [1.29, 1.82) is 0 Å². The summed E-state index contributed by atoms with van der Waals surface area (Å²) in [5.74, 6) is -0.679. The van der Waals surface area contributed by atoms with Crippen molar-refractivity contribution < 1.29 is 19.5 Å². The lowest BCUT2D eigenvalue weighted by atomic mass is 10.1. The van der Waals surface area contributed by atoms with Gasteiger partial charge in [-0.3, -0.25) is 9.59 Å². The Labute approximate surface area is 134 Å². The summed E-state index contributed by atoms with van der Waals surface area (Å²) < 4.78 is 0. The topological polar surface area (TPSA) is 77.9 Å². The van der Waals surface area contributed by atoms with E-state index in [-0.39, 0.29) is 23.3 Å². The molecule has 122 valence electrons. The number of amides is 2. The molecule has 0 spiro atoms. The average molecular weight is 316 g/mol. The summed E-state index contributed by atoms with van der Waals surface area (Å²) in [5, 5.41) is 8.90. The van der Waals surface area contributed by atoms with E-state index in [0.717, 1.165) is 19.3 Å². The predicted molar refractivity (Wildman–Crippen MR) is 83.2 cm³/mol. The fourth-order valence-electron chi connectivity index (χ4n) is 2.87. The van der Waals surface area contributed by atoms with Crippen LogP contribution in [0.2, 0.25) is 0 Å². The van der Waals surface area contributed by atoms with Crippen LogP contribution in [0.3, 0.4) is 0 Å². The van der Waals surface area contributed by atoms with E-state index in [1.54, 1.807) is 17.0 Å². The third-order valence-corrected chi connectivity index (χ3v) is 4.40. The summed E-state index contributed by atoms with van der Waals surface area (Å²) in [6, 6.07) is 5.97. The van der Waals surface area contributed by atoms with Gasteiger partial charge in [0.25, 0.3) is 5.91 Å². The van der Waals surface area contributed by atoms with Crippen LogP contribution in [0, 0.1) is 5.92 Å². The van der Waals surface area contributed by atoms with Gasteiger partial charge in [-0.15, -0.1) is 0 Å². The maximum Gasteiger partial charge on any atom is 0.335 e. The summed E-state index contributed by atoms with van der Waals surface area (Å²) in [6.07, 6.45) is 2.76. The molecule has 1 saturated carbocycles. The number of carbonyl (C=O) groups is 3. The number of rotatable bonds is 3. The van der Waals surface area contributed by atoms with E-state index in [4.69, 9.17) is 5.11 Å². The van der Waals surface area contributed by atoms with Crippen molar-refractivity contribution >= 4 is 17.8 Å². The molecule has 3 rings (SSSR count). The predicted octanol–water partition coefficient (Wildman–Crippen LogP) is 1.47. The Balaban J connectivity index is 1.63. The smallest absolute Gasteiger partial charge is 0.335 e. The highest BCUT2D eigenvalue weighted by molar-refractivity contribution is 5.96. The zero-order valence-corrected chi connectivity index (χ0v) is 12.9. The van der Waals surface area contributed by atoms with E-state index in [2.05, 4.69) is 0 Å². The molecular formula is C17H20N2O4. The van der Waals surface area contributed by atoms with Gasteiger partial charge in [-0.05, 0) is 43.5 Å². The molecule has 0 unspecified atom stereocenters. The minimum Gasteiger partial charge on any atom is -0.478 e. The molecule has 1 heterocycles. The zero-order chi connectivity index (χ0) is 16.4. The highest BCUT2D eigenvalue weighted by atomic mass is 16.4. The van der Waals surface area contributed by atoms with Crippen molar-refractivity contribution in [1.82, 2.24) is 9.80 Å². The molecule has 1 aromatic rings. The van der Waals surface area contributed by atoms with Gasteiger partial charge in [0.15, 0.2) is 0 Å². The van der Waals surface area contributed by atoms with Crippen LogP contribution in [0.25, 0.3) is 0 Å². The lowest BCUT2D eigenvalue weighted by molar-refractivity contribution is -0.132. The normalized spacial score (nSPS) is 18.4. The first-order valence-electron chi connectivity index (χ1n) is 7.97. The van der Waals surface area contributed by atoms with Gasteiger partial charge in [-0.2, -0.15) is 0 Å². The molecule has 0 aromatic heterocycles. The first-order chi connectivity index (χ1) is 11.1. The molecule has 6 heteroatoms. The number of benzene rings is 1. The number of carbonyl (C=O) groups excluding carboxylic acids is 2. The average Bonchev–Trinajstić information content (AvgIpc) is 3.40. The van der Waals surface area contributed by atoms with E-state index in [0.29, 0.717) is 31.7 Å². The second-order valence-corrected chi connectivity index (χ2v) is 6.13. The molecular weight excluding hydrogens is 296 g/mol. The van der Waals surface area contributed by atoms with Gasteiger partial charge in [0.2, 0.25) is 5.91 Å². The molecule has 0 radical (unpaired) electrons. The number of carboxylic acid groups (broad SMARTS) is 1. The van der Waals surface area contributed by atoms with Crippen molar-refractivity contribution in [3.63, 3.8) is 0 Å². The number of hydrogen-bond acceptors (Lipinski definition) is 3. The van der Waals surface area contributed by atoms with Gasteiger partial charge < -0.3 is 14.9 Å². The maximum atomic E-state index is 12.5. The molecule has 1 aromatic carbocycles.